The summed E-state index contributed by atoms with van der Waals surface area (Å²) in [6.45, 7) is -0.509. The monoisotopic (exact) mass is 339 g/mol. The summed E-state index contributed by atoms with van der Waals surface area (Å²) in [6, 6.07) is 6.52. The molecule has 1 saturated heterocycles. The van der Waals surface area contributed by atoms with Crippen LogP contribution in [0.15, 0.2) is 24.3 Å². The van der Waals surface area contributed by atoms with Gasteiger partial charge in [-0.2, -0.15) is 0 Å². The summed E-state index contributed by atoms with van der Waals surface area (Å²) < 4.78 is 5.33. The van der Waals surface area contributed by atoms with E-state index >= 15 is 0 Å². The SMILES string of the molecule is O=C(COc1cccc(Cl)c1)N1C[C@@]2(C(=O)O)C[C@@]2(C(=O)O)C1. The number of nitrogens with zero attached hydrogens (tertiary/aromatic N) is 1. The molecular weight excluding hydrogens is 326 g/mol. The number of carboxylic acids is 2. The number of ether oxygens (including phenoxy) is 1. The first kappa shape index (κ1) is 15.6. The first-order chi connectivity index (χ1) is 10.8. The highest BCUT2D eigenvalue weighted by molar-refractivity contribution is 6.30. The first-order valence-electron chi connectivity index (χ1n) is 6.94. The van der Waals surface area contributed by atoms with E-state index in [0.29, 0.717) is 10.8 Å². The number of benzene rings is 1. The lowest BCUT2D eigenvalue weighted by atomic mass is 9.97. The Morgan fingerprint density at radius 3 is 2.30 bits per heavy atom. The van der Waals surface area contributed by atoms with Gasteiger partial charge in [-0.25, -0.2) is 0 Å². The van der Waals surface area contributed by atoms with Crippen molar-refractivity contribution in [3.05, 3.63) is 29.3 Å². The van der Waals surface area contributed by atoms with Crippen LogP contribution >= 0.6 is 11.6 Å². The van der Waals surface area contributed by atoms with Gasteiger partial charge in [-0.15, -0.1) is 0 Å². The Morgan fingerprint density at radius 2 is 1.78 bits per heavy atom. The van der Waals surface area contributed by atoms with Crippen LogP contribution in [0.1, 0.15) is 6.42 Å². The minimum absolute atomic E-state index is 0.0591. The Balaban J connectivity index is 1.66. The van der Waals surface area contributed by atoms with Crippen LogP contribution in [0.2, 0.25) is 5.02 Å². The Hall–Kier alpha value is -2.28. The summed E-state index contributed by atoms with van der Waals surface area (Å²) >= 11 is 5.81. The van der Waals surface area contributed by atoms with Gasteiger partial charge in [-0.3, -0.25) is 14.4 Å². The van der Waals surface area contributed by atoms with E-state index in [9.17, 15) is 24.6 Å². The number of halogens is 1. The van der Waals surface area contributed by atoms with E-state index in [0.717, 1.165) is 0 Å². The minimum Gasteiger partial charge on any atom is -0.484 e. The number of carbonyl (C=O) groups excluding carboxylic acids is 1. The Labute approximate surface area is 136 Å². The van der Waals surface area contributed by atoms with Crippen LogP contribution in [0.4, 0.5) is 0 Å². The molecule has 122 valence electrons. The number of amides is 1. The van der Waals surface area contributed by atoms with Gasteiger partial charge in [0.1, 0.15) is 16.6 Å². The van der Waals surface area contributed by atoms with Crippen molar-refractivity contribution in [2.24, 2.45) is 10.8 Å². The number of rotatable bonds is 5. The largest absolute Gasteiger partial charge is 0.484 e. The van der Waals surface area contributed by atoms with E-state index < -0.39 is 28.7 Å². The number of hydrogen-bond donors (Lipinski definition) is 2. The smallest absolute Gasteiger partial charge is 0.312 e. The molecule has 23 heavy (non-hydrogen) atoms. The van der Waals surface area contributed by atoms with Crippen molar-refractivity contribution in [2.75, 3.05) is 19.7 Å². The standard InChI is InChI=1S/C15H14ClNO6/c16-9-2-1-3-10(4-9)23-5-11(18)17-7-14(12(19)20)6-15(14,8-17)13(21)22/h1-4H,5-8H2,(H,19,20)(H,21,22)/t14-,15+. The highest BCUT2D eigenvalue weighted by Gasteiger charge is 2.81. The molecule has 1 aromatic carbocycles. The summed E-state index contributed by atoms with van der Waals surface area (Å²) in [6.07, 6.45) is 0.0591. The molecule has 0 radical (unpaired) electrons. The van der Waals surface area contributed by atoms with Gasteiger partial charge in [-0.05, 0) is 24.6 Å². The third-order valence-electron chi connectivity index (χ3n) is 4.65. The highest BCUT2D eigenvalue weighted by Crippen LogP contribution is 2.68. The molecule has 0 aromatic heterocycles. The van der Waals surface area contributed by atoms with Gasteiger partial charge < -0.3 is 19.8 Å². The van der Waals surface area contributed by atoms with Crippen molar-refractivity contribution in [1.82, 2.24) is 4.90 Å². The molecule has 1 amide bonds. The molecule has 7 nitrogen and oxygen atoms in total. The number of piperidine rings is 1. The predicted octanol–water partition coefficient (Wildman–Crippen LogP) is 1.11. The third-order valence-corrected chi connectivity index (χ3v) is 4.88. The summed E-state index contributed by atoms with van der Waals surface area (Å²) in [5.41, 5.74) is -2.74. The minimum atomic E-state index is -1.37. The molecule has 3 rings (SSSR count). The quantitative estimate of drug-likeness (QED) is 0.832. The topological polar surface area (TPSA) is 104 Å². The van der Waals surface area contributed by atoms with E-state index in [-0.39, 0.29) is 26.1 Å². The lowest BCUT2D eigenvalue weighted by molar-refractivity contribution is -0.151. The van der Waals surface area contributed by atoms with Gasteiger partial charge in [0.05, 0.1) is 0 Å². The molecule has 2 atom stereocenters. The van der Waals surface area contributed by atoms with Gasteiger partial charge in [0.15, 0.2) is 6.61 Å². The summed E-state index contributed by atoms with van der Waals surface area (Å²) in [5, 5.41) is 19.1. The normalized spacial score (nSPS) is 28.1. The molecule has 0 spiro atoms. The van der Waals surface area contributed by atoms with Crippen molar-refractivity contribution in [3.8, 4) is 5.75 Å². The maximum Gasteiger partial charge on any atom is 0.312 e. The van der Waals surface area contributed by atoms with Gasteiger partial charge >= 0.3 is 11.9 Å². The molecular formula is C15H14ClNO6. The molecule has 2 N–H and O–H groups in total. The van der Waals surface area contributed by atoms with Crippen molar-refractivity contribution in [1.29, 1.82) is 0 Å². The molecule has 2 fully saturated rings. The summed E-state index contributed by atoms with van der Waals surface area (Å²) in [7, 11) is 0. The molecule has 1 aliphatic carbocycles. The molecule has 8 heteroatoms. The molecule has 2 aliphatic rings. The number of hydrogen-bond acceptors (Lipinski definition) is 4. The highest BCUT2D eigenvalue weighted by atomic mass is 35.5. The number of carbonyl (C=O) groups is 3. The Bertz CT molecular complexity index is 679. The van der Waals surface area contributed by atoms with Crippen LogP contribution < -0.4 is 4.74 Å². The maximum absolute atomic E-state index is 12.2. The van der Waals surface area contributed by atoms with Crippen molar-refractivity contribution in [3.63, 3.8) is 0 Å². The Kier molecular flexibility index (Phi) is 3.48. The van der Waals surface area contributed by atoms with Crippen LogP contribution in [-0.2, 0) is 14.4 Å². The van der Waals surface area contributed by atoms with E-state index in [1.807, 2.05) is 0 Å². The van der Waals surface area contributed by atoms with E-state index in [4.69, 9.17) is 16.3 Å². The molecule has 1 aliphatic heterocycles. The second-order valence-electron chi connectivity index (χ2n) is 5.95. The van der Waals surface area contributed by atoms with Crippen molar-refractivity contribution in [2.45, 2.75) is 6.42 Å². The zero-order valence-corrected chi connectivity index (χ0v) is 12.7. The van der Waals surface area contributed by atoms with Gasteiger partial charge in [0.2, 0.25) is 0 Å². The number of likely N-dealkylation sites (tertiary alicyclic amines) is 1. The number of aliphatic carboxylic acids is 2. The van der Waals surface area contributed by atoms with Crippen LogP contribution in [0.5, 0.6) is 5.75 Å². The van der Waals surface area contributed by atoms with Crippen LogP contribution in [0.25, 0.3) is 0 Å². The molecule has 1 aromatic rings. The summed E-state index contributed by atoms with van der Waals surface area (Å²) in [4.78, 5) is 36.3. The van der Waals surface area contributed by atoms with Gasteiger partial charge in [0, 0.05) is 18.1 Å². The van der Waals surface area contributed by atoms with E-state index in [1.54, 1.807) is 24.3 Å². The Morgan fingerprint density at radius 1 is 1.17 bits per heavy atom. The van der Waals surface area contributed by atoms with Gasteiger partial charge in [0.25, 0.3) is 5.91 Å². The lowest BCUT2D eigenvalue weighted by Crippen LogP contribution is -2.37. The van der Waals surface area contributed by atoms with Gasteiger partial charge in [-0.1, -0.05) is 17.7 Å². The summed E-state index contributed by atoms with van der Waals surface area (Å²) in [5.74, 6) is -2.38. The van der Waals surface area contributed by atoms with Crippen LogP contribution in [-0.4, -0.2) is 52.7 Å². The second-order valence-corrected chi connectivity index (χ2v) is 6.38. The fraction of sp³-hybridized carbons (Fsp3) is 0.400. The predicted molar refractivity (Wildman–Crippen MR) is 78.3 cm³/mol. The number of carboxylic acid groups (broad SMARTS) is 2. The van der Waals surface area contributed by atoms with E-state index in [1.165, 1.54) is 4.90 Å². The lowest BCUT2D eigenvalue weighted by Gasteiger charge is -2.20. The zero-order valence-electron chi connectivity index (χ0n) is 12.0. The average molecular weight is 340 g/mol. The average Bonchev–Trinajstić information content (AvgIpc) is 3.04. The van der Waals surface area contributed by atoms with Crippen LogP contribution in [0, 0.1) is 10.8 Å². The fourth-order valence-corrected chi connectivity index (χ4v) is 3.44. The molecule has 1 saturated carbocycles. The van der Waals surface area contributed by atoms with E-state index in [2.05, 4.69) is 0 Å². The third kappa shape index (κ3) is 2.31. The fourth-order valence-electron chi connectivity index (χ4n) is 3.26. The maximum atomic E-state index is 12.2. The number of fused-ring (bicyclic) bond motifs is 1. The van der Waals surface area contributed by atoms with Crippen molar-refractivity contribution < 1.29 is 29.3 Å². The van der Waals surface area contributed by atoms with Crippen LogP contribution in [0.3, 0.4) is 0 Å². The van der Waals surface area contributed by atoms with Crippen molar-refractivity contribution >= 4 is 29.4 Å². The molecule has 1 heterocycles. The second kappa shape index (κ2) is 5.13. The molecule has 0 unspecified atom stereocenters. The zero-order chi connectivity index (χ0) is 16.8. The first-order valence-corrected chi connectivity index (χ1v) is 7.31. The molecule has 0 bridgehead atoms.